The van der Waals surface area contributed by atoms with Crippen molar-refractivity contribution in [2.45, 2.75) is 52.5 Å². The van der Waals surface area contributed by atoms with E-state index < -0.39 is 0 Å². The van der Waals surface area contributed by atoms with Crippen molar-refractivity contribution in [3.63, 3.8) is 0 Å². The summed E-state index contributed by atoms with van der Waals surface area (Å²) in [4.78, 5) is 2.60. The highest BCUT2D eigenvalue weighted by Gasteiger charge is 2.10. The Morgan fingerprint density at radius 1 is 0.941 bits per heavy atom. The standard InChI is InChI=1S/C16H25N/c1-3-15-9-8-14(12-16(15)4-2)13-17-10-6-5-7-11-17/h8-9,12H,3-7,10-11,13H2,1-2H3. The Kier molecular flexibility index (Phi) is 4.61. The molecule has 0 aromatic heterocycles. The van der Waals surface area contributed by atoms with Crippen LogP contribution in [0.5, 0.6) is 0 Å². The SMILES string of the molecule is CCc1ccc(CN2CCCCC2)cc1CC. The van der Waals surface area contributed by atoms with E-state index in [-0.39, 0.29) is 0 Å². The van der Waals surface area contributed by atoms with Gasteiger partial charge in [-0.05, 0) is 55.5 Å². The minimum absolute atomic E-state index is 1.15. The van der Waals surface area contributed by atoms with Crippen molar-refractivity contribution in [1.82, 2.24) is 4.90 Å². The maximum absolute atomic E-state index is 2.60. The first kappa shape index (κ1) is 12.6. The molecule has 1 heteroatoms. The maximum atomic E-state index is 2.60. The van der Waals surface area contributed by atoms with Crippen molar-refractivity contribution in [3.05, 3.63) is 34.9 Å². The molecule has 2 rings (SSSR count). The first-order valence-corrected chi connectivity index (χ1v) is 7.16. The molecule has 1 nitrogen and oxygen atoms in total. The quantitative estimate of drug-likeness (QED) is 0.762. The average Bonchev–Trinajstić information content (AvgIpc) is 2.40. The van der Waals surface area contributed by atoms with Crippen LogP contribution in [0.2, 0.25) is 0 Å². The fourth-order valence-electron chi connectivity index (χ4n) is 2.83. The van der Waals surface area contributed by atoms with E-state index in [1.54, 1.807) is 5.56 Å². The van der Waals surface area contributed by atoms with Crippen LogP contribution in [-0.2, 0) is 19.4 Å². The van der Waals surface area contributed by atoms with Crippen LogP contribution >= 0.6 is 0 Å². The van der Waals surface area contributed by atoms with Crippen molar-refractivity contribution < 1.29 is 0 Å². The molecule has 0 unspecified atom stereocenters. The summed E-state index contributed by atoms with van der Waals surface area (Å²) in [6, 6.07) is 7.08. The molecule has 0 radical (unpaired) electrons. The summed E-state index contributed by atoms with van der Waals surface area (Å²) in [5.41, 5.74) is 4.57. The predicted molar refractivity (Wildman–Crippen MR) is 74.3 cm³/mol. The van der Waals surface area contributed by atoms with Crippen molar-refractivity contribution in [3.8, 4) is 0 Å². The average molecular weight is 231 g/mol. The van der Waals surface area contributed by atoms with Gasteiger partial charge in [0, 0.05) is 6.54 Å². The number of hydrogen-bond donors (Lipinski definition) is 0. The maximum Gasteiger partial charge on any atom is 0.0233 e. The summed E-state index contributed by atoms with van der Waals surface area (Å²) in [7, 11) is 0. The lowest BCUT2D eigenvalue weighted by Gasteiger charge is -2.26. The molecule has 0 atom stereocenters. The third-order valence-corrected chi connectivity index (χ3v) is 3.89. The number of likely N-dealkylation sites (tertiary alicyclic amines) is 1. The monoisotopic (exact) mass is 231 g/mol. The van der Waals surface area contributed by atoms with Crippen LogP contribution in [0.15, 0.2) is 18.2 Å². The largest absolute Gasteiger partial charge is 0.299 e. The predicted octanol–water partition coefficient (Wildman–Crippen LogP) is 3.80. The van der Waals surface area contributed by atoms with E-state index in [4.69, 9.17) is 0 Å². The molecular weight excluding hydrogens is 206 g/mol. The van der Waals surface area contributed by atoms with E-state index in [2.05, 4.69) is 36.9 Å². The van der Waals surface area contributed by atoms with E-state index in [0.717, 1.165) is 19.4 Å². The number of hydrogen-bond acceptors (Lipinski definition) is 1. The van der Waals surface area contributed by atoms with Gasteiger partial charge in [0.05, 0.1) is 0 Å². The van der Waals surface area contributed by atoms with E-state index >= 15 is 0 Å². The van der Waals surface area contributed by atoms with Crippen molar-refractivity contribution >= 4 is 0 Å². The van der Waals surface area contributed by atoms with Gasteiger partial charge in [0.15, 0.2) is 0 Å². The topological polar surface area (TPSA) is 3.24 Å². The molecule has 0 amide bonds. The molecule has 0 N–H and O–H groups in total. The Bertz CT molecular complexity index is 351. The summed E-state index contributed by atoms with van der Waals surface area (Å²) in [5.74, 6) is 0. The lowest BCUT2D eigenvalue weighted by Crippen LogP contribution is -2.29. The molecular formula is C16H25N. The zero-order chi connectivity index (χ0) is 12.1. The summed E-state index contributed by atoms with van der Waals surface area (Å²) in [5, 5.41) is 0. The number of aryl methyl sites for hydroxylation is 2. The molecule has 1 saturated heterocycles. The normalized spacial score (nSPS) is 17.3. The molecule has 1 fully saturated rings. The highest BCUT2D eigenvalue weighted by atomic mass is 15.1. The van der Waals surface area contributed by atoms with E-state index in [0.29, 0.717) is 0 Å². The first-order valence-electron chi connectivity index (χ1n) is 7.16. The number of nitrogens with zero attached hydrogens (tertiary/aromatic N) is 1. The van der Waals surface area contributed by atoms with Crippen LogP contribution in [0, 0.1) is 0 Å². The fourth-order valence-corrected chi connectivity index (χ4v) is 2.83. The third kappa shape index (κ3) is 3.32. The van der Waals surface area contributed by atoms with Crippen LogP contribution < -0.4 is 0 Å². The number of piperidine rings is 1. The second kappa shape index (κ2) is 6.20. The minimum Gasteiger partial charge on any atom is -0.299 e. The van der Waals surface area contributed by atoms with Crippen molar-refractivity contribution in [2.75, 3.05) is 13.1 Å². The Hall–Kier alpha value is -0.820. The molecule has 17 heavy (non-hydrogen) atoms. The Morgan fingerprint density at radius 3 is 2.29 bits per heavy atom. The van der Waals surface area contributed by atoms with Gasteiger partial charge < -0.3 is 0 Å². The molecule has 0 spiro atoms. The molecule has 1 aliphatic rings. The zero-order valence-corrected chi connectivity index (χ0v) is 11.3. The van der Waals surface area contributed by atoms with Crippen LogP contribution in [0.3, 0.4) is 0 Å². The summed E-state index contributed by atoms with van der Waals surface area (Å²) in [6.07, 6.45) is 6.51. The molecule has 0 aliphatic carbocycles. The van der Waals surface area contributed by atoms with Gasteiger partial charge in [-0.15, -0.1) is 0 Å². The second-order valence-corrected chi connectivity index (χ2v) is 5.15. The smallest absolute Gasteiger partial charge is 0.0233 e. The molecule has 0 bridgehead atoms. The van der Waals surface area contributed by atoms with Gasteiger partial charge in [-0.1, -0.05) is 38.5 Å². The first-order chi connectivity index (χ1) is 8.33. The van der Waals surface area contributed by atoms with Gasteiger partial charge in [0.25, 0.3) is 0 Å². The van der Waals surface area contributed by atoms with Gasteiger partial charge >= 0.3 is 0 Å². The van der Waals surface area contributed by atoms with E-state index in [1.807, 2.05) is 0 Å². The Labute approximate surface area is 106 Å². The van der Waals surface area contributed by atoms with Crippen molar-refractivity contribution in [1.29, 1.82) is 0 Å². The number of rotatable bonds is 4. The van der Waals surface area contributed by atoms with Gasteiger partial charge in [0.2, 0.25) is 0 Å². The second-order valence-electron chi connectivity index (χ2n) is 5.15. The zero-order valence-electron chi connectivity index (χ0n) is 11.3. The molecule has 1 aromatic carbocycles. The van der Waals surface area contributed by atoms with E-state index in [9.17, 15) is 0 Å². The minimum atomic E-state index is 1.15. The number of benzene rings is 1. The van der Waals surface area contributed by atoms with Crippen molar-refractivity contribution in [2.24, 2.45) is 0 Å². The van der Waals surface area contributed by atoms with Crippen LogP contribution in [0.25, 0.3) is 0 Å². The van der Waals surface area contributed by atoms with Crippen LogP contribution in [-0.4, -0.2) is 18.0 Å². The van der Waals surface area contributed by atoms with Crippen LogP contribution in [0.4, 0.5) is 0 Å². The third-order valence-electron chi connectivity index (χ3n) is 3.89. The van der Waals surface area contributed by atoms with Gasteiger partial charge in [-0.25, -0.2) is 0 Å². The lowest BCUT2D eigenvalue weighted by molar-refractivity contribution is 0.221. The summed E-state index contributed by atoms with van der Waals surface area (Å²) < 4.78 is 0. The fraction of sp³-hybridized carbons (Fsp3) is 0.625. The molecule has 1 heterocycles. The Balaban J connectivity index is 2.05. The van der Waals surface area contributed by atoms with Gasteiger partial charge in [-0.2, -0.15) is 0 Å². The Morgan fingerprint density at radius 2 is 1.65 bits per heavy atom. The highest BCUT2D eigenvalue weighted by molar-refractivity contribution is 5.32. The molecule has 1 aromatic rings. The summed E-state index contributed by atoms with van der Waals surface area (Å²) in [6.45, 7) is 8.24. The van der Waals surface area contributed by atoms with E-state index in [1.165, 1.54) is 43.5 Å². The van der Waals surface area contributed by atoms with Gasteiger partial charge in [-0.3, -0.25) is 4.90 Å². The molecule has 94 valence electrons. The summed E-state index contributed by atoms with van der Waals surface area (Å²) >= 11 is 0. The highest BCUT2D eigenvalue weighted by Crippen LogP contribution is 2.17. The van der Waals surface area contributed by atoms with Crippen LogP contribution in [0.1, 0.15) is 49.8 Å². The molecule has 1 aliphatic heterocycles. The van der Waals surface area contributed by atoms with Gasteiger partial charge in [0.1, 0.15) is 0 Å². The molecule has 0 saturated carbocycles. The lowest BCUT2D eigenvalue weighted by atomic mass is 9.99.